The van der Waals surface area contributed by atoms with E-state index in [1.54, 1.807) is 0 Å². The second-order valence-electron chi connectivity index (χ2n) is 4.98. The molecule has 1 saturated heterocycles. The molecule has 1 fully saturated rings. The van der Waals surface area contributed by atoms with Crippen LogP contribution >= 0.6 is 0 Å². The van der Waals surface area contributed by atoms with Gasteiger partial charge in [-0.05, 0) is 18.1 Å². The molecule has 1 heterocycles. The summed E-state index contributed by atoms with van der Waals surface area (Å²) in [5, 5.41) is 21.3. The maximum absolute atomic E-state index is 12.0. The van der Waals surface area contributed by atoms with Gasteiger partial charge in [-0.1, -0.05) is 24.3 Å². The maximum Gasteiger partial charge on any atom is 0.326 e. The minimum Gasteiger partial charge on any atom is -0.480 e. The fraction of sp³-hybridized carbons (Fsp3) is 0.429. The van der Waals surface area contributed by atoms with E-state index in [9.17, 15) is 14.7 Å². The van der Waals surface area contributed by atoms with E-state index in [-0.39, 0.29) is 13.0 Å². The SMILES string of the molecule is Cc1ccccc1CNC(=O)N1C[C@H](O)C[C@H]1C(=O)O. The van der Waals surface area contributed by atoms with E-state index in [4.69, 9.17) is 5.11 Å². The third kappa shape index (κ3) is 3.08. The number of aliphatic carboxylic acids is 1. The van der Waals surface area contributed by atoms with Gasteiger partial charge >= 0.3 is 12.0 Å². The Hall–Kier alpha value is -2.08. The lowest BCUT2D eigenvalue weighted by Gasteiger charge is -2.21. The molecule has 6 nitrogen and oxygen atoms in total. The Kier molecular flexibility index (Phi) is 4.24. The first kappa shape index (κ1) is 14.3. The Labute approximate surface area is 117 Å². The van der Waals surface area contributed by atoms with Gasteiger partial charge in [0, 0.05) is 19.5 Å². The molecule has 1 aliphatic heterocycles. The molecule has 6 heteroatoms. The molecule has 20 heavy (non-hydrogen) atoms. The van der Waals surface area contributed by atoms with E-state index in [0.717, 1.165) is 11.1 Å². The Morgan fingerprint density at radius 2 is 2.10 bits per heavy atom. The molecule has 1 aromatic rings. The molecule has 0 aliphatic carbocycles. The van der Waals surface area contributed by atoms with Crippen LogP contribution in [0, 0.1) is 6.92 Å². The summed E-state index contributed by atoms with van der Waals surface area (Å²) in [6.07, 6.45) is -0.701. The van der Waals surface area contributed by atoms with Crippen LogP contribution < -0.4 is 5.32 Å². The summed E-state index contributed by atoms with van der Waals surface area (Å²) in [6, 6.07) is 6.23. The van der Waals surface area contributed by atoms with Crippen molar-refractivity contribution in [2.24, 2.45) is 0 Å². The summed E-state index contributed by atoms with van der Waals surface area (Å²) in [5.74, 6) is -1.09. The largest absolute Gasteiger partial charge is 0.480 e. The van der Waals surface area contributed by atoms with Crippen LogP contribution in [0.5, 0.6) is 0 Å². The normalized spacial score (nSPS) is 21.8. The van der Waals surface area contributed by atoms with Crippen LogP contribution in [0.1, 0.15) is 17.5 Å². The summed E-state index contributed by atoms with van der Waals surface area (Å²) in [6.45, 7) is 2.34. The van der Waals surface area contributed by atoms with E-state index in [0.29, 0.717) is 6.54 Å². The highest BCUT2D eigenvalue weighted by molar-refractivity contribution is 5.83. The first-order valence-corrected chi connectivity index (χ1v) is 6.49. The lowest BCUT2D eigenvalue weighted by Crippen LogP contribution is -2.46. The van der Waals surface area contributed by atoms with E-state index in [2.05, 4.69) is 5.32 Å². The molecule has 3 N–H and O–H groups in total. The Balaban J connectivity index is 1.98. The molecule has 2 rings (SSSR count). The van der Waals surface area contributed by atoms with Gasteiger partial charge in [-0.2, -0.15) is 0 Å². The Bertz CT molecular complexity index is 518. The molecule has 108 valence electrons. The number of benzene rings is 1. The number of amides is 2. The van der Waals surface area contributed by atoms with Crippen molar-refractivity contribution in [3.05, 3.63) is 35.4 Å². The molecule has 2 amide bonds. The van der Waals surface area contributed by atoms with Crippen molar-refractivity contribution >= 4 is 12.0 Å². The predicted molar refractivity (Wildman–Crippen MR) is 72.2 cm³/mol. The minimum absolute atomic E-state index is 0.0522. The number of carbonyl (C=O) groups is 2. The van der Waals surface area contributed by atoms with Crippen LogP contribution in [0.15, 0.2) is 24.3 Å². The first-order valence-electron chi connectivity index (χ1n) is 6.49. The maximum atomic E-state index is 12.0. The number of hydrogen-bond acceptors (Lipinski definition) is 3. The van der Waals surface area contributed by atoms with E-state index >= 15 is 0 Å². The monoisotopic (exact) mass is 278 g/mol. The van der Waals surface area contributed by atoms with Gasteiger partial charge in [-0.3, -0.25) is 0 Å². The minimum atomic E-state index is -1.09. The van der Waals surface area contributed by atoms with Gasteiger partial charge < -0.3 is 20.4 Å². The molecule has 0 aromatic heterocycles. The number of rotatable bonds is 3. The van der Waals surface area contributed by atoms with Gasteiger partial charge in [-0.15, -0.1) is 0 Å². The van der Waals surface area contributed by atoms with Gasteiger partial charge in [-0.25, -0.2) is 9.59 Å². The van der Waals surface area contributed by atoms with E-state index in [1.165, 1.54) is 4.90 Å². The van der Waals surface area contributed by atoms with Gasteiger partial charge in [0.25, 0.3) is 0 Å². The molecule has 1 aromatic carbocycles. The van der Waals surface area contributed by atoms with Crippen LogP contribution in [0.25, 0.3) is 0 Å². The number of aliphatic hydroxyl groups is 1. The Morgan fingerprint density at radius 1 is 1.40 bits per heavy atom. The zero-order valence-corrected chi connectivity index (χ0v) is 11.2. The smallest absolute Gasteiger partial charge is 0.326 e. The molecular formula is C14H18N2O4. The molecule has 0 spiro atoms. The van der Waals surface area contributed by atoms with Crippen LogP contribution in [0.2, 0.25) is 0 Å². The summed E-state index contributed by atoms with van der Waals surface area (Å²) in [5.41, 5.74) is 2.04. The quantitative estimate of drug-likeness (QED) is 0.760. The number of aryl methyl sites for hydroxylation is 1. The second-order valence-corrected chi connectivity index (χ2v) is 4.98. The topological polar surface area (TPSA) is 89.9 Å². The number of β-amino-alcohol motifs (C(OH)–C–C–N with tert-alkyl or cyclic N) is 1. The number of carboxylic acids is 1. The summed E-state index contributed by atoms with van der Waals surface area (Å²) in [7, 11) is 0. The zero-order chi connectivity index (χ0) is 14.7. The number of nitrogens with zero attached hydrogens (tertiary/aromatic N) is 1. The van der Waals surface area contributed by atoms with E-state index in [1.807, 2.05) is 31.2 Å². The van der Waals surface area contributed by atoms with Crippen molar-refractivity contribution in [1.29, 1.82) is 0 Å². The average Bonchev–Trinajstić information content (AvgIpc) is 2.80. The van der Waals surface area contributed by atoms with Crippen LogP contribution in [-0.2, 0) is 11.3 Å². The van der Waals surface area contributed by atoms with Crippen molar-refractivity contribution in [1.82, 2.24) is 10.2 Å². The predicted octanol–water partition coefficient (Wildman–Crippen LogP) is 0.724. The molecule has 0 radical (unpaired) electrons. The molecule has 1 aliphatic rings. The Morgan fingerprint density at radius 3 is 2.75 bits per heavy atom. The number of aliphatic hydroxyl groups excluding tert-OH is 1. The molecular weight excluding hydrogens is 260 g/mol. The van der Waals surface area contributed by atoms with Gasteiger partial charge in [0.2, 0.25) is 0 Å². The van der Waals surface area contributed by atoms with Crippen molar-refractivity contribution in [2.75, 3.05) is 6.54 Å². The number of likely N-dealkylation sites (tertiary alicyclic amines) is 1. The zero-order valence-electron chi connectivity index (χ0n) is 11.2. The number of hydrogen-bond donors (Lipinski definition) is 3. The standard InChI is InChI=1S/C14H18N2O4/c1-9-4-2-3-5-10(9)7-15-14(20)16-8-11(17)6-12(16)13(18)19/h2-5,11-12,17H,6-8H2,1H3,(H,15,20)(H,18,19)/t11-,12+/m1/s1. The van der Waals surface area contributed by atoms with Gasteiger partial charge in [0.15, 0.2) is 0 Å². The van der Waals surface area contributed by atoms with Crippen molar-refractivity contribution in [2.45, 2.75) is 32.0 Å². The lowest BCUT2D eigenvalue weighted by molar-refractivity contribution is -0.141. The fourth-order valence-electron chi connectivity index (χ4n) is 2.35. The highest BCUT2D eigenvalue weighted by atomic mass is 16.4. The number of urea groups is 1. The summed E-state index contributed by atoms with van der Waals surface area (Å²) >= 11 is 0. The van der Waals surface area contributed by atoms with Gasteiger partial charge in [0.05, 0.1) is 6.10 Å². The first-order chi connectivity index (χ1) is 9.49. The third-order valence-electron chi connectivity index (χ3n) is 3.52. The average molecular weight is 278 g/mol. The number of nitrogens with one attached hydrogen (secondary N) is 1. The fourth-order valence-corrected chi connectivity index (χ4v) is 2.35. The van der Waals surface area contributed by atoms with Gasteiger partial charge in [0.1, 0.15) is 6.04 Å². The summed E-state index contributed by atoms with van der Waals surface area (Å²) in [4.78, 5) is 24.3. The van der Waals surface area contributed by atoms with Crippen molar-refractivity contribution < 1.29 is 19.8 Å². The summed E-state index contributed by atoms with van der Waals surface area (Å²) < 4.78 is 0. The van der Waals surface area contributed by atoms with E-state index < -0.39 is 24.1 Å². The second kappa shape index (κ2) is 5.92. The lowest BCUT2D eigenvalue weighted by atomic mass is 10.1. The van der Waals surface area contributed by atoms with Crippen LogP contribution in [-0.4, -0.2) is 45.8 Å². The van der Waals surface area contributed by atoms with Crippen LogP contribution in [0.4, 0.5) is 4.79 Å². The molecule has 0 unspecified atom stereocenters. The molecule has 2 atom stereocenters. The highest BCUT2D eigenvalue weighted by Crippen LogP contribution is 2.18. The number of carbonyl (C=O) groups excluding carboxylic acids is 1. The molecule has 0 bridgehead atoms. The number of carboxylic acid groups (broad SMARTS) is 1. The van der Waals surface area contributed by atoms with Crippen molar-refractivity contribution in [3.8, 4) is 0 Å². The van der Waals surface area contributed by atoms with Crippen molar-refractivity contribution in [3.63, 3.8) is 0 Å². The van der Waals surface area contributed by atoms with Crippen LogP contribution in [0.3, 0.4) is 0 Å². The molecule has 0 saturated carbocycles. The highest BCUT2D eigenvalue weighted by Gasteiger charge is 2.38. The third-order valence-corrected chi connectivity index (χ3v) is 3.52.